The van der Waals surface area contributed by atoms with Gasteiger partial charge in [-0.25, -0.2) is 4.98 Å². The fourth-order valence-electron chi connectivity index (χ4n) is 2.58. The van der Waals surface area contributed by atoms with Gasteiger partial charge in [-0.15, -0.1) is 11.3 Å². The number of aromatic nitrogens is 2. The summed E-state index contributed by atoms with van der Waals surface area (Å²) >= 11 is 1.58. The zero-order valence-corrected chi connectivity index (χ0v) is 15.5. The Morgan fingerprint density at radius 1 is 1.00 bits per heavy atom. The van der Waals surface area contributed by atoms with Crippen LogP contribution in [-0.4, -0.2) is 9.97 Å². The Bertz CT molecular complexity index is 1150. The van der Waals surface area contributed by atoms with Gasteiger partial charge in [0.05, 0.1) is 22.2 Å². The molecule has 0 radical (unpaired) electrons. The second-order valence-electron chi connectivity index (χ2n) is 5.88. The monoisotopic (exact) mass is 385 g/mol. The predicted molar refractivity (Wildman–Crippen MR) is 111 cm³/mol. The fourth-order valence-corrected chi connectivity index (χ4v) is 3.26. The molecule has 0 amide bonds. The number of benzene rings is 2. The smallest absolute Gasteiger partial charge is 0.231 e. The van der Waals surface area contributed by atoms with E-state index in [0.29, 0.717) is 28.8 Å². The van der Waals surface area contributed by atoms with E-state index in [4.69, 9.17) is 15.7 Å². The summed E-state index contributed by atoms with van der Waals surface area (Å²) in [5.41, 5.74) is 8.45. The highest BCUT2D eigenvalue weighted by Gasteiger charge is 2.10. The van der Waals surface area contributed by atoms with Gasteiger partial charge in [-0.05, 0) is 41.8 Å². The van der Waals surface area contributed by atoms with Crippen LogP contribution in [0.15, 0.2) is 72.1 Å². The van der Waals surface area contributed by atoms with Gasteiger partial charge in [-0.3, -0.25) is 0 Å². The quantitative estimate of drug-likeness (QED) is 0.459. The minimum absolute atomic E-state index is 0.375. The third kappa shape index (κ3) is 4.09. The normalized spacial score (nSPS) is 10.2. The number of nitrogens with two attached hydrogens (primary N) is 1. The summed E-state index contributed by atoms with van der Waals surface area (Å²) in [4.78, 5) is 10.0. The molecule has 7 heteroatoms. The van der Waals surface area contributed by atoms with Crippen LogP contribution in [0.2, 0.25) is 0 Å². The molecule has 6 nitrogen and oxygen atoms in total. The van der Waals surface area contributed by atoms with Crippen molar-refractivity contribution >= 4 is 28.7 Å². The number of anilines is 3. The van der Waals surface area contributed by atoms with Crippen molar-refractivity contribution in [3.8, 4) is 28.3 Å². The predicted octanol–water partition coefficient (Wildman–Crippen LogP) is 5.19. The van der Waals surface area contributed by atoms with Crippen LogP contribution >= 0.6 is 11.3 Å². The molecule has 2 aromatic heterocycles. The number of nitrogens with one attached hydrogen (secondary N) is 1. The van der Waals surface area contributed by atoms with Gasteiger partial charge in [0.25, 0.3) is 0 Å². The standard InChI is InChI=1S/C21H15N5OS/c22-13-14-4-1-6-16(10-14)24-21-25-18(19-8-3-9-28-19)12-20(26-21)27-17-7-2-5-15(23)11-17/h1-12H,23H2,(H,24,25,26). The number of hydrogen-bond donors (Lipinski definition) is 2. The molecular weight excluding hydrogens is 370 g/mol. The van der Waals surface area contributed by atoms with Crippen LogP contribution in [0.25, 0.3) is 10.6 Å². The SMILES string of the molecule is N#Cc1cccc(Nc2nc(Oc3cccc(N)c3)cc(-c3cccs3)n2)c1. The Kier molecular flexibility index (Phi) is 4.87. The fraction of sp³-hybridized carbons (Fsp3) is 0. The number of ether oxygens (including phenoxy) is 1. The molecule has 4 rings (SSSR count). The Labute approximate surface area is 165 Å². The van der Waals surface area contributed by atoms with Crippen LogP contribution in [0.5, 0.6) is 11.6 Å². The number of nitriles is 1. The van der Waals surface area contributed by atoms with E-state index in [-0.39, 0.29) is 0 Å². The van der Waals surface area contributed by atoms with Gasteiger partial charge in [0.2, 0.25) is 11.8 Å². The summed E-state index contributed by atoms with van der Waals surface area (Å²) in [5.74, 6) is 1.36. The molecule has 3 N–H and O–H groups in total. The summed E-state index contributed by atoms with van der Waals surface area (Å²) in [6.45, 7) is 0. The zero-order chi connectivity index (χ0) is 19.3. The minimum Gasteiger partial charge on any atom is -0.439 e. The third-order valence-electron chi connectivity index (χ3n) is 3.80. The minimum atomic E-state index is 0.375. The molecule has 136 valence electrons. The maximum absolute atomic E-state index is 9.09. The first-order valence-electron chi connectivity index (χ1n) is 8.43. The lowest BCUT2D eigenvalue weighted by atomic mass is 10.2. The molecule has 0 aliphatic carbocycles. The first-order valence-corrected chi connectivity index (χ1v) is 9.31. The third-order valence-corrected chi connectivity index (χ3v) is 4.70. The molecule has 2 aromatic carbocycles. The number of nitrogen functional groups attached to an aromatic ring is 1. The Morgan fingerprint density at radius 2 is 1.89 bits per heavy atom. The van der Waals surface area contributed by atoms with Crippen molar-refractivity contribution in [3.63, 3.8) is 0 Å². The zero-order valence-electron chi connectivity index (χ0n) is 14.7. The van der Waals surface area contributed by atoms with Crippen molar-refractivity contribution in [1.29, 1.82) is 5.26 Å². The Hall–Kier alpha value is -3.89. The van der Waals surface area contributed by atoms with Crippen molar-refractivity contribution in [2.45, 2.75) is 0 Å². The van der Waals surface area contributed by atoms with Crippen LogP contribution < -0.4 is 15.8 Å². The molecule has 2 heterocycles. The van der Waals surface area contributed by atoms with Gasteiger partial charge in [0, 0.05) is 23.5 Å². The van der Waals surface area contributed by atoms with Gasteiger partial charge >= 0.3 is 0 Å². The highest BCUT2D eigenvalue weighted by molar-refractivity contribution is 7.13. The van der Waals surface area contributed by atoms with Gasteiger partial charge in [0.15, 0.2) is 0 Å². The maximum Gasteiger partial charge on any atom is 0.231 e. The molecule has 0 aliphatic heterocycles. The van der Waals surface area contributed by atoms with Gasteiger partial charge in [-0.1, -0.05) is 18.2 Å². The molecule has 0 spiro atoms. The van der Waals surface area contributed by atoms with E-state index in [2.05, 4.69) is 21.4 Å². The Balaban J connectivity index is 1.70. The molecule has 4 aromatic rings. The lowest BCUT2D eigenvalue weighted by Crippen LogP contribution is -2.00. The van der Waals surface area contributed by atoms with E-state index in [9.17, 15) is 0 Å². The Morgan fingerprint density at radius 3 is 2.68 bits per heavy atom. The number of hydrogen-bond acceptors (Lipinski definition) is 7. The van der Waals surface area contributed by atoms with Gasteiger partial charge < -0.3 is 15.8 Å². The van der Waals surface area contributed by atoms with Crippen molar-refractivity contribution in [2.24, 2.45) is 0 Å². The van der Waals surface area contributed by atoms with E-state index >= 15 is 0 Å². The van der Waals surface area contributed by atoms with Gasteiger partial charge in [-0.2, -0.15) is 10.2 Å². The molecule has 28 heavy (non-hydrogen) atoms. The van der Waals surface area contributed by atoms with E-state index in [1.54, 1.807) is 47.7 Å². The second-order valence-corrected chi connectivity index (χ2v) is 6.83. The van der Waals surface area contributed by atoms with Crippen LogP contribution in [0, 0.1) is 11.3 Å². The number of nitrogens with zero attached hydrogens (tertiary/aromatic N) is 3. The molecule has 0 fully saturated rings. The molecule has 0 saturated carbocycles. The topological polar surface area (TPSA) is 96.8 Å². The highest BCUT2D eigenvalue weighted by atomic mass is 32.1. The molecule has 0 saturated heterocycles. The maximum atomic E-state index is 9.09. The summed E-state index contributed by atoms with van der Waals surface area (Å²) in [6, 6.07) is 22.1. The average molecular weight is 385 g/mol. The van der Waals surface area contributed by atoms with Crippen molar-refractivity contribution in [3.05, 3.63) is 77.7 Å². The molecule has 0 bridgehead atoms. The average Bonchev–Trinajstić information content (AvgIpc) is 3.23. The highest BCUT2D eigenvalue weighted by Crippen LogP contribution is 2.30. The van der Waals surface area contributed by atoms with E-state index < -0.39 is 0 Å². The van der Waals surface area contributed by atoms with E-state index in [0.717, 1.165) is 16.3 Å². The molecule has 0 aliphatic rings. The summed E-state index contributed by atoms with van der Waals surface area (Å²) in [7, 11) is 0. The summed E-state index contributed by atoms with van der Waals surface area (Å²) in [6.07, 6.45) is 0. The molecular formula is C21H15N5OS. The summed E-state index contributed by atoms with van der Waals surface area (Å²) in [5, 5.41) is 14.2. The largest absolute Gasteiger partial charge is 0.439 e. The van der Waals surface area contributed by atoms with E-state index in [1.807, 2.05) is 35.7 Å². The van der Waals surface area contributed by atoms with Crippen molar-refractivity contribution < 1.29 is 4.74 Å². The van der Waals surface area contributed by atoms with Crippen LogP contribution in [0.4, 0.5) is 17.3 Å². The van der Waals surface area contributed by atoms with Crippen LogP contribution in [0.1, 0.15) is 5.56 Å². The van der Waals surface area contributed by atoms with E-state index in [1.165, 1.54) is 0 Å². The molecule has 0 unspecified atom stereocenters. The van der Waals surface area contributed by atoms with Gasteiger partial charge in [0.1, 0.15) is 5.75 Å². The lowest BCUT2D eigenvalue weighted by molar-refractivity contribution is 0.463. The van der Waals surface area contributed by atoms with Crippen molar-refractivity contribution in [1.82, 2.24) is 9.97 Å². The lowest BCUT2D eigenvalue weighted by Gasteiger charge is -2.10. The first-order chi connectivity index (χ1) is 13.7. The molecule has 0 atom stereocenters. The van der Waals surface area contributed by atoms with Crippen LogP contribution in [0.3, 0.4) is 0 Å². The number of rotatable bonds is 5. The summed E-state index contributed by atoms with van der Waals surface area (Å²) < 4.78 is 5.90. The van der Waals surface area contributed by atoms with Crippen LogP contribution in [-0.2, 0) is 0 Å². The first kappa shape index (κ1) is 17.5. The second kappa shape index (κ2) is 7.78. The number of thiophene rings is 1. The van der Waals surface area contributed by atoms with Crippen molar-refractivity contribution in [2.75, 3.05) is 11.1 Å².